The molecule has 4 rings (SSSR count). The van der Waals surface area contributed by atoms with Crippen molar-refractivity contribution in [2.45, 2.75) is 26.3 Å². The molecule has 0 aliphatic rings. The number of H-pyrrole nitrogens is 1. The summed E-state index contributed by atoms with van der Waals surface area (Å²) in [5, 5.41) is 1.00. The van der Waals surface area contributed by atoms with Crippen molar-refractivity contribution in [2.75, 3.05) is 0 Å². The largest absolute Gasteiger partial charge is 0.349 e. The van der Waals surface area contributed by atoms with Gasteiger partial charge in [0.1, 0.15) is 11.0 Å². The van der Waals surface area contributed by atoms with Gasteiger partial charge >= 0.3 is 0 Å². The molecule has 120 valence electrons. The Hall–Kier alpha value is -2.88. The van der Waals surface area contributed by atoms with Crippen molar-refractivity contribution in [3.63, 3.8) is 0 Å². The number of nitrogens with one attached hydrogen (secondary N) is 1. The Morgan fingerprint density at radius 2 is 1.96 bits per heavy atom. The van der Waals surface area contributed by atoms with Crippen LogP contribution in [0.15, 0.2) is 59.7 Å². The van der Waals surface area contributed by atoms with Gasteiger partial charge < -0.3 is 4.98 Å². The first kappa shape index (κ1) is 14.7. The summed E-state index contributed by atoms with van der Waals surface area (Å²) >= 11 is 0. The van der Waals surface area contributed by atoms with Crippen molar-refractivity contribution in [2.24, 2.45) is 0 Å². The molecule has 0 aliphatic carbocycles. The molecule has 0 amide bonds. The third-order valence-corrected chi connectivity index (χ3v) is 4.57. The van der Waals surface area contributed by atoms with Gasteiger partial charge in [-0.1, -0.05) is 48.9 Å². The lowest BCUT2D eigenvalue weighted by molar-refractivity contribution is 0.576. The minimum absolute atomic E-state index is 0.0170. The first-order chi connectivity index (χ1) is 11.6. The fraction of sp³-hybridized carbons (Fsp3) is 0.200. The molecule has 24 heavy (non-hydrogen) atoms. The number of aryl methyl sites for hydroxylation is 1. The fourth-order valence-electron chi connectivity index (χ4n) is 3.22. The number of aromatic nitrogens is 3. The molecule has 0 aliphatic heterocycles. The monoisotopic (exact) mass is 317 g/mol. The Balaban J connectivity index is 1.79. The number of hydrogen-bond donors (Lipinski definition) is 1. The van der Waals surface area contributed by atoms with Crippen LogP contribution in [0.3, 0.4) is 0 Å². The molecule has 4 heteroatoms. The van der Waals surface area contributed by atoms with E-state index >= 15 is 0 Å². The SMILES string of the molecule is Cc1ccc2[nH]c3c(=O)n(C[C@H](C)c4ccccc4)cnc3c2c1. The number of aromatic amines is 1. The molecule has 1 atom stereocenters. The van der Waals surface area contributed by atoms with Gasteiger partial charge in [0.25, 0.3) is 5.56 Å². The van der Waals surface area contributed by atoms with Crippen LogP contribution in [0, 0.1) is 6.92 Å². The lowest BCUT2D eigenvalue weighted by Crippen LogP contribution is -2.23. The topological polar surface area (TPSA) is 50.7 Å². The molecule has 0 fully saturated rings. The molecule has 2 aromatic heterocycles. The predicted octanol–water partition coefficient (Wildman–Crippen LogP) is 3.99. The molecule has 4 nitrogen and oxygen atoms in total. The van der Waals surface area contributed by atoms with Gasteiger partial charge in [-0.05, 0) is 30.5 Å². The molecule has 0 saturated heterocycles. The highest BCUT2D eigenvalue weighted by Crippen LogP contribution is 2.23. The van der Waals surface area contributed by atoms with Crippen LogP contribution in [-0.2, 0) is 6.54 Å². The van der Waals surface area contributed by atoms with Crippen LogP contribution in [0.1, 0.15) is 24.0 Å². The normalized spacial score (nSPS) is 12.8. The van der Waals surface area contributed by atoms with Crippen LogP contribution in [0.2, 0.25) is 0 Å². The highest BCUT2D eigenvalue weighted by molar-refractivity contribution is 6.04. The van der Waals surface area contributed by atoms with E-state index in [9.17, 15) is 4.79 Å². The summed E-state index contributed by atoms with van der Waals surface area (Å²) in [6.07, 6.45) is 1.67. The van der Waals surface area contributed by atoms with E-state index in [2.05, 4.69) is 35.1 Å². The summed E-state index contributed by atoms with van der Waals surface area (Å²) in [4.78, 5) is 20.6. The highest BCUT2D eigenvalue weighted by atomic mass is 16.1. The van der Waals surface area contributed by atoms with Crippen LogP contribution in [-0.4, -0.2) is 14.5 Å². The summed E-state index contributed by atoms with van der Waals surface area (Å²) in [5.74, 6) is 0.245. The lowest BCUT2D eigenvalue weighted by atomic mass is 10.0. The number of benzene rings is 2. The molecule has 1 N–H and O–H groups in total. The van der Waals surface area contributed by atoms with Gasteiger partial charge in [0, 0.05) is 17.4 Å². The van der Waals surface area contributed by atoms with Crippen molar-refractivity contribution >= 4 is 21.9 Å². The first-order valence-electron chi connectivity index (χ1n) is 8.16. The van der Waals surface area contributed by atoms with E-state index in [0.29, 0.717) is 12.1 Å². The molecule has 0 unspecified atom stereocenters. The smallest absolute Gasteiger partial charge is 0.277 e. The van der Waals surface area contributed by atoms with E-state index in [4.69, 9.17) is 0 Å². The van der Waals surface area contributed by atoms with Gasteiger partial charge in [-0.25, -0.2) is 4.98 Å². The minimum atomic E-state index is -0.0170. The number of nitrogens with zero attached hydrogens (tertiary/aromatic N) is 2. The van der Waals surface area contributed by atoms with Crippen LogP contribution >= 0.6 is 0 Å². The predicted molar refractivity (Wildman–Crippen MR) is 97.5 cm³/mol. The zero-order chi connectivity index (χ0) is 16.7. The number of hydrogen-bond acceptors (Lipinski definition) is 2. The van der Waals surface area contributed by atoms with E-state index in [1.54, 1.807) is 10.9 Å². The lowest BCUT2D eigenvalue weighted by Gasteiger charge is -2.13. The maximum absolute atomic E-state index is 12.8. The average molecular weight is 317 g/mol. The van der Waals surface area contributed by atoms with Crippen molar-refractivity contribution in [3.8, 4) is 0 Å². The fourth-order valence-corrected chi connectivity index (χ4v) is 3.22. The molecule has 0 bridgehead atoms. The van der Waals surface area contributed by atoms with Crippen LogP contribution < -0.4 is 5.56 Å². The standard InChI is InChI=1S/C20H19N3O/c1-13-8-9-17-16(10-13)18-19(22-17)20(24)23(12-21-18)11-14(2)15-6-4-3-5-7-15/h3-10,12,14,22H,11H2,1-2H3/t14-/m0/s1. The van der Waals surface area contributed by atoms with Crippen LogP contribution in [0.5, 0.6) is 0 Å². The second-order valence-corrected chi connectivity index (χ2v) is 6.41. The third-order valence-electron chi connectivity index (χ3n) is 4.57. The summed E-state index contributed by atoms with van der Waals surface area (Å²) < 4.78 is 1.70. The van der Waals surface area contributed by atoms with Crippen LogP contribution in [0.25, 0.3) is 21.9 Å². The molecule has 2 aromatic carbocycles. The quantitative estimate of drug-likeness (QED) is 0.621. The van der Waals surface area contributed by atoms with E-state index in [0.717, 1.165) is 22.0 Å². The number of rotatable bonds is 3. The van der Waals surface area contributed by atoms with Crippen molar-refractivity contribution < 1.29 is 0 Å². The Morgan fingerprint density at radius 1 is 1.17 bits per heavy atom. The summed E-state index contributed by atoms with van der Waals surface area (Å²) in [5.41, 5.74) is 4.65. The van der Waals surface area contributed by atoms with Gasteiger partial charge in [0.2, 0.25) is 0 Å². The molecular formula is C20H19N3O. The Kier molecular flexibility index (Phi) is 3.45. The third kappa shape index (κ3) is 2.40. The molecule has 0 saturated carbocycles. The van der Waals surface area contributed by atoms with E-state index < -0.39 is 0 Å². The van der Waals surface area contributed by atoms with E-state index in [1.165, 1.54) is 5.56 Å². The summed E-state index contributed by atoms with van der Waals surface area (Å²) in [7, 11) is 0. The average Bonchev–Trinajstić information content (AvgIpc) is 2.97. The van der Waals surface area contributed by atoms with E-state index in [-0.39, 0.29) is 11.5 Å². The summed E-state index contributed by atoms with van der Waals surface area (Å²) in [6, 6.07) is 16.3. The van der Waals surface area contributed by atoms with Gasteiger partial charge in [-0.3, -0.25) is 9.36 Å². The van der Waals surface area contributed by atoms with Gasteiger partial charge in [0.15, 0.2) is 0 Å². The van der Waals surface area contributed by atoms with Gasteiger partial charge in [-0.2, -0.15) is 0 Å². The Bertz CT molecular complexity index is 1080. The Morgan fingerprint density at radius 3 is 2.75 bits per heavy atom. The zero-order valence-corrected chi connectivity index (χ0v) is 13.8. The van der Waals surface area contributed by atoms with Gasteiger partial charge in [-0.15, -0.1) is 0 Å². The molecule has 4 aromatic rings. The first-order valence-corrected chi connectivity index (χ1v) is 8.16. The molecule has 0 radical (unpaired) electrons. The minimum Gasteiger partial charge on any atom is -0.349 e. The van der Waals surface area contributed by atoms with Crippen molar-refractivity contribution in [3.05, 3.63) is 76.3 Å². The van der Waals surface area contributed by atoms with Gasteiger partial charge in [0.05, 0.1) is 6.33 Å². The number of fused-ring (bicyclic) bond motifs is 3. The highest BCUT2D eigenvalue weighted by Gasteiger charge is 2.13. The second kappa shape index (κ2) is 5.64. The van der Waals surface area contributed by atoms with Crippen molar-refractivity contribution in [1.29, 1.82) is 0 Å². The maximum atomic E-state index is 12.8. The summed E-state index contributed by atoms with van der Waals surface area (Å²) in [6.45, 7) is 4.78. The zero-order valence-electron chi connectivity index (χ0n) is 13.8. The van der Waals surface area contributed by atoms with E-state index in [1.807, 2.05) is 37.3 Å². The molecule has 0 spiro atoms. The second-order valence-electron chi connectivity index (χ2n) is 6.41. The Labute approximate surface area is 139 Å². The van der Waals surface area contributed by atoms with Crippen LogP contribution in [0.4, 0.5) is 0 Å². The maximum Gasteiger partial charge on any atom is 0.277 e. The van der Waals surface area contributed by atoms with Crippen molar-refractivity contribution in [1.82, 2.24) is 14.5 Å². The molecular weight excluding hydrogens is 298 g/mol. The molecule has 2 heterocycles.